The molecule has 1 unspecified atom stereocenters. The van der Waals surface area contributed by atoms with Gasteiger partial charge in [0.1, 0.15) is 17.3 Å². The Hall–Kier alpha value is -3.88. The first-order chi connectivity index (χ1) is 17.4. The largest absolute Gasteiger partial charge is 0.469 e. The quantitative estimate of drug-likeness (QED) is 0.262. The molecule has 0 saturated carbocycles. The molecular weight excluding hydrogens is 490 g/mol. The van der Waals surface area contributed by atoms with Gasteiger partial charge in [-0.25, -0.2) is 4.39 Å². The third-order valence-corrected chi connectivity index (χ3v) is 5.92. The number of carbonyl (C=O) groups is 2. The lowest BCUT2D eigenvalue weighted by molar-refractivity contribution is -0.140. The van der Waals surface area contributed by atoms with Crippen LogP contribution in [0.5, 0.6) is 11.5 Å². The Labute approximate surface area is 212 Å². The van der Waals surface area contributed by atoms with E-state index in [0.717, 1.165) is 29.3 Å². The van der Waals surface area contributed by atoms with Crippen molar-refractivity contribution >= 4 is 11.9 Å². The smallest absolute Gasteiger partial charge is 0.416 e. The molecule has 0 aliphatic rings. The predicted octanol–water partition coefficient (Wildman–Crippen LogP) is 6.85. The van der Waals surface area contributed by atoms with E-state index in [2.05, 4.69) is 10.1 Å². The van der Waals surface area contributed by atoms with E-state index in [1.54, 1.807) is 25.1 Å². The Morgan fingerprint density at radius 3 is 2.30 bits per heavy atom. The SMILES string of the molecule is COC(=O)CCc1ccc(Oc2cc(F)cc(C(C)NC(=O)c3ccc(C(F)(F)F)cc3C)c2)cc1C. The third kappa shape index (κ3) is 7.31. The summed E-state index contributed by atoms with van der Waals surface area (Å²) in [6.45, 7) is 4.93. The van der Waals surface area contributed by atoms with Gasteiger partial charge in [0.05, 0.1) is 18.7 Å². The molecule has 0 heterocycles. The highest BCUT2D eigenvalue weighted by atomic mass is 19.4. The summed E-state index contributed by atoms with van der Waals surface area (Å²) in [6.07, 6.45) is -3.74. The molecule has 3 aromatic carbocycles. The van der Waals surface area contributed by atoms with Crippen LogP contribution in [-0.4, -0.2) is 19.0 Å². The molecule has 0 aliphatic heterocycles. The van der Waals surface area contributed by atoms with Gasteiger partial charge in [-0.15, -0.1) is 0 Å². The molecule has 0 aromatic heterocycles. The first kappa shape index (κ1) is 27.7. The minimum Gasteiger partial charge on any atom is -0.469 e. The summed E-state index contributed by atoms with van der Waals surface area (Å²) < 4.78 is 63.6. The van der Waals surface area contributed by atoms with Gasteiger partial charge in [0.25, 0.3) is 5.91 Å². The summed E-state index contributed by atoms with van der Waals surface area (Å²) in [4.78, 5) is 24.1. The molecule has 0 bridgehead atoms. The van der Waals surface area contributed by atoms with E-state index in [4.69, 9.17) is 4.74 Å². The zero-order valence-electron chi connectivity index (χ0n) is 20.8. The number of nitrogens with one attached hydrogen (secondary N) is 1. The first-order valence-electron chi connectivity index (χ1n) is 11.5. The van der Waals surface area contributed by atoms with Gasteiger partial charge >= 0.3 is 12.1 Å². The Morgan fingerprint density at radius 2 is 1.68 bits per heavy atom. The highest BCUT2D eigenvalue weighted by Crippen LogP contribution is 2.31. The maximum absolute atomic E-state index is 14.4. The maximum atomic E-state index is 14.4. The van der Waals surface area contributed by atoms with E-state index in [9.17, 15) is 27.2 Å². The number of hydrogen-bond acceptors (Lipinski definition) is 4. The van der Waals surface area contributed by atoms with Gasteiger partial charge in [0.2, 0.25) is 0 Å². The number of ether oxygens (including phenoxy) is 2. The van der Waals surface area contributed by atoms with Crippen LogP contribution in [0.25, 0.3) is 0 Å². The van der Waals surface area contributed by atoms with Crippen molar-refractivity contribution in [2.45, 2.75) is 45.8 Å². The fourth-order valence-electron chi connectivity index (χ4n) is 3.83. The number of rotatable bonds is 8. The molecule has 9 heteroatoms. The summed E-state index contributed by atoms with van der Waals surface area (Å²) in [7, 11) is 1.33. The standard InChI is InChI=1S/C28H27F4NO4/c1-16-12-23(8-5-19(16)6-10-26(34)36-4)37-24-14-20(13-22(29)15-24)18(3)33-27(35)25-9-7-21(11-17(25)2)28(30,31)32/h5,7-9,11-15,18H,6,10H2,1-4H3,(H,33,35). The molecule has 0 fully saturated rings. The first-order valence-corrected chi connectivity index (χ1v) is 11.5. The molecule has 37 heavy (non-hydrogen) atoms. The Balaban J connectivity index is 1.73. The van der Waals surface area contributed by atoms with Crippen molar-refractivity contribution in [1.82, 2.24) is 5.32 Å². The second-order valence-corrected chi connectivity index (χ2v) is 8.71. The molecule has 196 valence electrons. The summed E-state index contributed by atoms with van der Waals surface area (Å²) in [5.41, 5.74) is 1.69. The number of hydrogen-bond donors (Lipinski definition) is 1. The Morgan fingerprint density at radius 1 is 0.946 bits per heavy atom. The highest BCUT2D eigenvalue weighted by molar-refractivity contribution is 5.96. The van der Waals surface area contributed by atoms with Gasteiger partial charge in [-0.1, -0.05) is 6.07 Å². The van der Waals surface area contributed by atoms with Crippen LogP contribution in [-0.2, 0) is 22.1 Å². The number of halogens is 4. The van der Waals surface area contributed by atoms with E-state index >= 15 is 0 Å². The molecule has 5 nitrogen and oxygen atoms in total. The average Bonchev–Trinajstić information content (AvgIpc) is 2.82. The molecular formula is C28H27F4NO4. The summed E-state index contributed by atoms with van der Waals surface area (Å²) in [5, 5.41) is 2.69. The number of carbonyl (C=O) groups excluding carboxylic acids is 2. The Kier molecular flexibility index (Phi) is 8.57. The van der Waals surface area contributed by atoms with Gasteiger partial charge < -0.3 is 14.8 Å². The topological polar surface area (TPSA) is 64.6 Å². The second-order valence-electron chi connectivity index (χ2n) is 8.71. The van der Waals surface area contributed by atoms with Crippen LogP contribution in [0.3, 0.4) is 0 Å². The van der Waals surface area contributed by atoms with E-state index in [1.165, 1.54) is 26.2 Å². The molecule has 1 amide bonds. The second kappa shape index (κ2) is 11.5. The van der Waals surface area contributed by atoms with Gasteiger partial charge in [-0.2, -0.15) is 13.2 Å². The lowest BCUT2D eigenvalue weighted by Crippen LogP contribution is -2.27. The minimum atomic E-state index is -4.51. The summed E-state index contributed by atoms with van der Waals surface area (Å²) in [5.74, 6) is -0.785. The third-order valence-electron chi connectivity index (χ3n) is 5.92. The zero-order valence-corrected chi connectivity index (χ0v) is 20.8. The van der Waals surface area contributed by atoms with Crippen molar-refractivity contribution in [2.75, 3.05) is 7.11 Å². The minimum absolute atomic E-state index is 0.0930. The van der Waals surface area contributed by atoms with Crippen molar-refractivity contribution in [1.29, 1.82) is 0 Å². The number of methoxy groups -OCH3 is 1. The summed E-state index contributed by atoms with van der Waals surface area (Å²) in [6, 6.07) is 11.6. The molecule has 0 radical (unpaired) electrons. The fraction of sp³-hybridized carbons (Fsp3) is 0.286. The van der Waals surface area contributed by atoms with E-state index in [-0.39, 0.29) is 29.3 Å². The van der Waals surface area contributed by atoms with E-state index in [0.29, 0.717) is 17.7 Å². The van der Waals surface area contributed by atoms with Crippen LogP contribution < -0.4 is 10.1 Å². The van der Waals surface area contributed by atoms with E-state index in [1.807, 2.05) is 13.0 Å². The van der Waals surface area contributed by atoms with Crippen LogP contribution in [0.1, 0.15) is 57.6 Å². The van der Waals surface area contributed by atoms with Crippen LogP contribution in [0.15, 0.2) is 54.6 Å². The average molecular weight is 518 g/mol. The van der Waals surface area contributed by atoms with Crippen molar-refractivity contribution in [3.05, 3.63) is 93.8 Å². The molecule has 0 saturated heterocycles. The van der Waals surface area contributed by atoms with Crippen molar-refractivity contribution in [3.8, 4) is 11.5 Å². The maximum Gasteiger partial charge on any atom is 0.416 e. The summed E-state index contributed by atoms with van der Waals surface area (Å²) >= 11 is 0. The highest BCUT2D eigenvalue weighted by Gasteiger charge is 2.31. The molecule has 1 N–H and O–H groups in total. The van der Waals surface area contributed by atoms with Crippen molar-refractivity contribution < 1.29 is 36.6 Å². The van der Waals surface area contributed by atoms with Gasteiger partial charge in [0, 0.05) is 18.1 Å². The van der Waals surface area contributed by atoms with Crippen molar-refractivity contribution in [2.24, 2.45) is 0 Å². The fourth-order valence-corrected chi connectivity index (χ4v) is 3.83. The van der Waals surface area contributed by atoms with Crippen LogP contribution in [0.4, 0.5) is 17.6 Å². The van der Waals surface area contributed by atoms with Gasteiger partial charge in [-0.05, 0) is 91.9 Å². The predicted molar refractivity (Wildman–Crippen MR) is 130 cm³/mol. The molecule has 0 aliphatic carbocycles. The molecule has 1 atom stereocenters. The van der Waals surface area contributed by atoms with Crippen LogP contribution in [0.2, 0.25) is 0 Å². The lowest BCUT2D eigenvalue weighted by atomic mass is 10.0. The van der Waals surface area contributed by atoms with E-state index < -0.39 is 29.5 Å². The molecule has 3 aromatic rings. The number of aryl methyl sites for hydroxylation is 3. The number of alkyl halides is 3. The number of amides is 1. The van der Waals surface area contributed by atoms with Gasteiger partial charge in [0.15, 0.2) is 0 Å². The van der Waals surface area contributed by atoms with Crippen molar-refractivity contribution in [3.63, 3.8) is 0 Å². The monoisotopic (exact) mass is 517 g/mol. The number of benzene rings is 3. The zero-order chi connectivity index (χ0) is 27.3. The lowest BCUT2D eigenvalue weighted by Gasteiger charge is -2.18. The Bertz CT molecular complexity index is 1300. The van der Waals surface area contributed by atoms with Crippen LogP contribution >= 0.6 is 0 Å². The van der Waals surface area contributed by atoms with Gasteiger partial charge in [-0.3, -0.25) is 9.59 Å². The van der Waals surface area contributed by atoms with Crippen LogP contribution in [0, 0.1) is 19.7 Å². The number of esters is 1. The molecule has 3 rings (SSSR count). The molecule has 0 spiro atoms. The normalized spacial score (nSPS) is 12.1.